The van der Waals surface area contributed by atoms with E-state index in [0.717, 1.165) is 11.3 Å². The van der Waals surface area contributed by atoms with Crippen LogP contribution >= 0.6 is 0 Å². The molecule has 0 atom stereocenters. The van der Waals surface area contributed by atoms with Gasteiger partial charge >= 0.3 is 0 Å². The van der Waals surface area contributed by atoms with Crippen molar-refractivity contribution in [3.63, 3.8) is 0 Å². The highest BCUT2D eigenvalue weighted by molar-refractivity contribution is 5.62. The molecule has 15 heavy (non-hydrogen) atoms. The van der Waals surface area contributed by atoms with Gasteiger partial charge in [-0.2, -0.15) is 0 Å². The van der Waals surface area contributed by atoms with Crippen LogP contribution < -0.4 is 0 Å². The quantitative estimate of drug-likeness (QED) is 0.703. The standard InChI is InChI=1S/C13H14N2/c1-9-6-12(7-10(2)11(9)3)13-4-5-14-8-15-13/h4-8H,1-3H3. The van der Waals surface area contributed by atoms with E-state index in [1.807, 2.05) is 6.07 Å². The van der Waals surface area contributed by atoms with E-state index < -0.39 is 0 Å². The average molecular weight is 198 g/mol. The van der Waals surface area contributed by atoms with E-state index in [2.05, 4.69) is 42.9 Å². The number of aromatic nitrogens is 2. The molecule has 0 saturated carbocycles. The fourth-order valence-electron chi connectivity index (χ4n) is 1.65. The molecule has 0 aliphatic heterocycles. The van der Waals surface area contributed by atoms with Gasteiger partial charge in [-0.25, -0.2) is 9.97 Å². The van der Waals surface area contributed by atoms with Crippen LogP contribution in [-0.4, -0.2) is 9.97 Å². The average Bonchev–Trinajstić information content (AvgIpc) is 2.26. The van der Waals surface area contributed by atoms with Gasteiger partial charge in [0.05, 0.1) is 5.69 Å². The van der Waals surface area contributed by atoms with E-state index in [4.69, 9.17) is 0 Å². The number of aryl methyl sites for hydroxylation is 2. The van der Waals surface area contributed by atoms with Gasteiger partial charge in [0.15, 0.2) is 0 Å². The number of benzene rings is 1. The van der Waals surface area contributed by atoms with E-state index in [-0.39, 0.29) is 0 Å². The number of hydrogen-bond donors (Lipinski definition) is 0. The Morgan fingerprint density at radius 3 is 2.20 bits per heavy atom. The Morgan fingerprint density at radius 1 is 1.00 bits per heavy atom. The first-order chi connectivity index (χ1) is 7.18. The van der Waals surface area contributed by atoms with E-state index >= 15 is 0 Å². The second-order valence-corrected chi connectivity index (χ2v) is 3.83. The third-order valence-electron chi connectivity index (χ3n) is 2.80. The molecule has 2 nitrogen and oxygen atoms in total. The molecule has 0 aliphatic carbocycles. The molecule has 0 spiro atoms. The van der Waals surface area contributed by atoms with Crippen molar-refractivity contribution in [2.45, 2.75) is 20.8 Å². The Bertz CT molecular complexity index is 452. The summed E-state index contributed by atoms with van der Waals surface area (Å²) in [6, 6.07) is 6.28. The summed E-state index contributed by atoms with van der Waals surface area (Å²) in [7, 11) is 0. The highest BCUT2D eigenvalue weighted by Crippen LogP contribution is 2.22. The third kappa shape index (κ3) is 1.89. The molecule has 2 rings (SSSR count). The van der Waals surface area contributed by atoms with Gasteiger partial charge in [-0.05, 0) is 55.7 Å². The van der Waals surface area contributed by atoms with Crippen LogP contribution in [0, 0.1) is 20.8 Å². The molecule has 0 bridgehead atoms. The van der Waals surface area contributed by atoms with Crippen molar-refractivity contribution >= 4 is 0 Å². The molecule has 2 heteroatoms. The molecule has 0 aliphatic rings. The molecule has 1 aromatic carbocycles. The van der Waals surface area contributed by atoms with Crippen LogP contribution in [0.25, 0.3) is 11.3 Å². The van der Waals surface area contributed by atoms with E-state index in [1.54, 1.807) is 12.5 Å². The van der Waals surface area contributed by atoms with Crippen LogP contribution in [0.1, 0.15) is 16.7 Å². The Labute approximate surface area is 90.0 Å². The normalized spacial score (nSPS) is 10.3. The zero-order valence-corrected chi connectivity index (χ0v) is 9.28. The molecule has 0 unspecified atom stereocenters. The molecule has 1 heterocycles. The van der Waals surface area contributed by atoms with Crippen LogP contribution in [0.5, 0.6) is 0 Å². The SMILES string of the molecule is Cc1cc(-c2ccncn2)cc(C)c1C. The second-order valence-electron chi connectivity index (χ2n) is 3.83. The van der Waals surface area contributed by atoms with Crippen molar-refractivity contribution in [1.82, 2.24) is 9.97 Å². The predicted octanol–water partition coefficient (Wildman–Crippen LogP) is 3.07. The molecule has 1 aromatic heterocycles. The topological polar surface area (TPSA) is 25.8 Å². The van der Waals surface area contributed by atoms with Gasteiger partial charge in [0.1, 0.15) is 6.33 Å². The zero-order chi connectivity index (χ0) is 10.8. The summed E-state index contributed by atoms with van der Waals surface area (Å²) in [5, 5.41) is 0. The fourth-order valence-corrected chi connectivity index (χ4v) is 1.65. The molecule has 0 N–H and O–H groups in total. The van der Waals surface area contributed by atoms with Gasteiger partial charge in [-0.3, -0.25) is 0 Å². The first-order valence-electron chi connectivity index (χ1n) is 5.02. The van der Waals surface area contributed by atoms with Crippen molar-refractivity contribution in [2.24, 2.45) is 0 Å². The van der Waals surface area contributed by atoms with Gasteiger partial charge in [0.25, 0.3) is 0 Å². The van der Waals surface area contributed by atoms with Crippen LogP contribution in [0.2, 0.25) is 0 Å². The first kappa shape index (κ1) is 9.84. The second kappa shape index (κ2) is 3.81. The Balaban J connectivity index is 2.56. The maximum absolute atomic E-state index is 4.25. The Hall–Kier alpha value is -1.70. The van der Waals surface area contributed by atoms with Gasteiger partial charge < -0.3 is 0 Å². The highest BCUT2D eigenvalue weighted by Gasteiger charge is 2.03. The minimum Gasteiger partial charge on any atom is -0.245 e. The zero-order valence-electron chi connectivity index (χ0n) is 9.28. The van der Waals surface area contributed by atoms with Crippen molar-refractivity contribution < 1.29 is 0 Å². The predicted molar refractivity (Wildman–Crippen MR) is 61.7 cm³/mol. The lowest BCUT2D eigenvalue weighted by Gasteiger charge is -2.08. The largest absolute Gasteiger partial charge is 0.245 e. The van der Waals surface area contributed by atoms with E-state index in [0.29, 0.717) is 0 Å². The van der Waals surface area contributed by atoms with Gasteiger partial charge in [0, 0.05) is 11.8 Å². The fraction of sp³-hybridized carbons (Fsp3) is 0.231. The summed E-state index contributed by atoms with van der Waals surface area (Å²) < 4.78 is 0. The molecule has 2 aromatic rings. The van der Waals surface area contributed by atoms with Gasteiger partial charge in [0.2, 0.25) is 0 Å². The van der Waals surface area contributed by atoms with Crippen molar-refractivity contribution in [1.29, 1.82) is 0 Å². The number of nitrogens with zero attached hydrogens (tertiary/aromatic N) is 2. The summed E-state index contributed by atoms with van der Waals surface area (Å²) >= 11 is 0. The van der Waals surface area contributed by atoms with Crippen LogP contribution in [0.4, 0.5) is 0 Å². The Kier molecular flexibility index (Phi) is 2.50. The summed E-state index contributed by atoms with van der Waals surface area (Å²) in [4.78, 5) is 8.17. The summed E-state index contributed by atoms with van der Waals surface area (Å²) in [6.07, 6.45) is 3.35. The molecular formula is C13H14N2. The summed E-state index contributed by atoms with van der Waals surface area (Å²) in [6.45, 7) is 6.41. The van der Waals surface area contributed by atoms with Crippen LogP contribution in [-0.2, 0) is 0 Å². The monoisotopic (exact) mass is 198 g/mol. The molecule has 76 valence electrons. The van der Waals surface area contributed by atoms with Gasteiger partial charge in [-0.15, -0.1) is 0 Å². The lowest BCUT2D eigenvalue weighted by atomic mass is 9.99. The number of hydrogen-bond acceptors (Lipinski definition) is 2. The maximum atomic E-state index is 4.25. The third-order valence-corrected chi connectivity index (χ3v) is 2.80. The maximum Gasteiger partial charge on any atom is 0.116 e. The minimum absolute atomic E-state index is 0.983. The molecular weight excluding hydrogens is 184 g/mol. The summed E-state index contributed by atoms with van der Waals surface area (Å²) in [5.41, 5.74) is 6.12. The van der Waals surface area contributed by atoms with E-state index in [1.165, 1.54) is 16.7 Å². The number of rotatable bonds is 1. The molecule has 0 fully saturated rings. The van der Waals surface area contributed by atoms with Crippen molar-refractivity contribution in [2.75, 3.05) is 0 Å². The molecule has 0 saturated heterocycles. The van der Waals surface area contributed by atoms with Crippen molar-refractivity contribution in [3.8, 4) is 11.3 Å². The summed E-state index contributed by atoms with van der Waals surface area (Å²) in [5.74, 6) is 0. The molecule has 0 amide bonds. The van der Waals surface area contributed by atoms with Crippen LogP contribution in [0.3, 0.4) is 0 Å². The van der Waals surface area contributed by atoms with Crippen LogP contribution in [0.15, 0.2) is 30.7 Å². The lowest BCUT2D eigenvalue weighted by molar-refractivity contribution is 1.17. The Morgan fingerprint density at radius 2 is 1.67 bits per heavy atom. The molecule has 0 radical (unpaired) electrons. The lowest BCUT2D eigenvalue weighted by Crippen LogP contribution is -1.90. The minimum atomic E-state index is 0.983. The first-order valence-corrected chi connectivity index (χ1v) is 5.02. The van der Waals surface area contributed by atoms with Gasteiger partial charge in [-0.1, -0.05) is 0 Å². The highest BCUT2D eigenvalue weighted by atomic mass is 14.8. The smallest absolute Gasteiger partial charge is 0.116 e. The van der Waals surface area contributed by atoms with Crippen molar-refractivity contribution in [3.05, 3.63) is 47.4 Å². The van der Waals surface area contributed by atoms with E-state index in [9.17, 15) is 0 Å².